The molecule has 3 atom stereocenters. The first-order valence-corrected chi connectivity index (χ1v) is 6.98. The molecule has 0 aromatic carbocycles. The minimum Gasteiger partial charge on any atom is -0.479 e. The number of alkyl halides is 3. The fourth-order valence-corrected chi connectivity index (χ4v) is 2.74. The van der Waals surface area contributed by atoms with Crippen LogP contribution in [0.4, 0.5) is 18.0 Å². The molecule has 1 rings (SSSR count). The molecule has 11 heteroatoms. The Morgan fingerprint density at radius 2 is 2.14 bits per heavy atom. The number of hydrogen-bond donors (Lipinski definition) is 1. The molecule has 1 heterocycles. The number of thiocarbonyl (C=S) groups is 1. The number of nitrogens with one attached hydrogen (secondary N) is 1. The van der Waals surface area contributed by atoms with E-state index in [2.05, 4.69) is 9.47 Å². The maximum atomic E-state index is 13.0. The predicted molar refractivity (Wildman–Crippen MR) is 70.6 cm³/mol. The molecular weight excluding hydrogens is 335 g/mol. The van der Waals surface area contributed by atoms with Gasteiger partial charge in [0.1, 0.15) is 0 Å². The smallest absolute Gasteiger partial charge is 0.479 e. The topological polar surface area (TPSA) is 73.9 Å². The van der Waals surface area contributed by atoms with Crippen molar-refractivity contribution < 1.29 is 37.0 Å². The number of cyclic esters (lactones) is 2. The van der Waals surface area contributed by atoms with E-state index < -0.39 is 35.8 Å². The predicted octanol–water partition coefficient (Wildman–Crippen LogP) is 1.97. The van der Waals surface area contributed by atoms with Gasteiger partial charge in [0.2, 0.25) is 10.3 Å². The summed E-state index contributed by atoms with van der Waals surface area (Å²) in [5.41, 5.74) is -1.37. The van der Waals surface area contributed by atoms with Gasteiger partial charge in [-0.2, -0.15) is 13.2 Å². The molecule has 0 aliphatic carbocycles. The van der Waals surface area contributed by atoms with E-state index in [1.807, 2.05) is 0 Å². The van der Waals surface area contributed by atoms with Crippen molar-refractivity contribution in [1.82, 2.24) is 5.32 Å². The Kier molecular flexibility index (Phi) is 6.08. The third-order valence-corrected chi connectivity index (χ3v) is 3.54. The highest BCUT2D eigenvalue weighted by Crippen LogP contribution is 2.34. The highest BCUT2D eigenvalue weighted by atomic mass is 32.2. The van der Waals surface area contributed by atoms with Crippen molar-refractivity contribution in [2.45, 2.75) is 37.6 Å². The van der Waals surface area contributed by atoms with Gasteiger partial charge in [-0.25, -0.2) is 4.79 Å². The molecule has 1 N–H and O–H groups in total. The van der Waals surface area contributed by atoms with E-state index in [9.17, 15) is 22.8 Å². The van der Waals surface area contributed by atoms with Crippen molar-refractivity contribution in [2.75, 3.05) is 6.61 Å². The molecule has 3 unspecified atom stereocenters. The second kappa shape index (κ2) is 7.16. The van der Waals surface area contributed by atoms with Gasteiger partial charge in [-0.15, -0.1) is 0 Å². The van der Waals surface area contributed by atoms with Crippen molar-refractivity contribution in [3.05, 3.63) is 0 Å². The molecule has 0 bridgehead atoms. The van der Waals surface area contributed by atoms with Crippen LogP contribution in [0.25, 0.3) is 0 Å². The zero-order valence-electron chi connectivity index (χ0n) is 10.9. The fourth-order valence-electron chi connectivity index (χ4n) is 1.49. The summed E-state index contributed by atoms with van der Waals surface area (Å²) in [6.45, 7) is 2.77. The summed E-state index contributed by atoms with van der Waals surface area (Å²) in [5, 5.41) is 1.70. The van der Waals surface area contributed by atoms with E-state index in [0.29, 0.717) is 11.8 Å². The lowest BCUT2D eigenvalue weighted by atomic mass is 10.1. The summed E-state index contributed by atoms with van der Waals surface area (Å²) >= 11 is 5.38. The van der Waals surface area contributed by atoms with Crippen LogP contribution in [0.2, 0.25) is 0 Å². The van der Waals surface area contributed by atoms with Crippen LogP contribution in [0.1, 0.15) is 13.8 Å². The van der Waals surface area contributed by atoms with Crippen molar-refractivity contribution in [3.8, 4) is 0 Å². The van der Waals surface area contributed by atoms with Crippen LogP contribution in [-0.2, 0) is 19.0 Å². The van der Waals surface area contributed by atoms with Gasteiger partial charge in [0.15, 0.2) is 17.6 Å². The molecule has 120 valence electrons. The van der Waals surface area contributed by atoms with E-state index in [0.717, 1.165) is 6.92 Å². The van der Waals surface area contributed by atoms with E-state index >= 15 is 0 Å². The summed E-state index contributed by atoms with van der Waals surface area (Å²) in [7, 11) is 0. The Hall–Kier alpha value is -1.23. The molecule has 0 aromatic heterocycles. The Morgan fingerprint density at radius 3 is 2.62 bits per heavy atom. The SMILES string of the molecule is CCOC(=S)SC1OC(=O)OC1C(NC(C)=O)C(F)(F)F. The van der Waals surface area contributed by atoms with Gasteiger partial charge in [-0.3, -0.25) is 4.79 Å². The van der Waals surface area contributed by atoms with Crippen molar-refractivity contribution >= 4 is 40.4 Å². The number of carbonyl (C=O) groups excluding carboxylic acids is 2. The Morgan fingerprint density at radius 1 is 1.52 bits per heavy atom. The third-order valence-electron chi connectivity index (χ3n) is 2.23. The van der Waals surface area contributed by atoms with Crippen LogP contribution in [0.5, 0.6) is 0 Å². The maximum Gasteiger partial charge on any atom is 0.510 e. The summed E-state index contributed by atoms with van der Waals surface area (Å²) in [5.74, 6) is -0.920. The first-order chi connectivity index (χ1) is 9.65. The van der Waals surface area contributed by atoms with Crippen molar-refractivity contribution in [1.29, 1.82) is 0 Å². The summed E-state index contributed by atoms with van der Waals surface area (Å²) in [4.78, 5) is 22.0. The molecular formula is C10H12F3NO5S2. The van der Waals surface area contributed by atoms with Gasteiger partial charge >= 0.3 is 12.3 Å². The Labute approximate surface area is 127 Å². The number of ether oxygens (including phenoxy) is 3. The minimum absolute atomic E-state index is 0.0884. The van der Waals surface area contributed by atoms with Gasteiger partial charge in [0.05, 0.1) is 6.61 Å². The standard InChI is InChI=1S/C10H12F3NO5S2/c1-3-17-9(20)21-7-5(18-8(16)19-7)6(10(11,12)13)14-4(2)15/h5-7H,3H2,1-2H3,(H,14,15). The normalized spacial score (nSPS) is 23.0. The molecule has 1 saturated heterocycles. The van der Waals surface area contributed by atoms with Gasteiger partial charge in [0, 0.05) is 6.92 Å². The highest BCUT2D eigenvalue weighted by Gasteiger charge is 2.54. The molecule has 1 amide bonds. The van der Waals surface area contributed by atoms with Gasteiger partial charge in [0.25, 0.3) is 0 Å². The molecule has 0 spiro atoms. The highest BCUT2D eigenvalue weighted by molar-refractivity contribution is 8.22. The zero-order valence-corrected chi connectivity index (χ0v) is 12.6. The lowest BCUT2D eigenvalue weighted by Gasteiger charge is -2.26. The van der Waals surface area contributed by atoms with Crippen molar-refractivity contribution in [2.24, 2.45) is 0 Å². The molecule has 1 fully saturated rings. The first-order valence-electron chi connectivity index (χ1n) is 5.69. The maximum absolute atomic E-state index is 13.0. The molecule has 1 aliphatic heterocycles. The molecule has 1 aliphatic rings. The Balaban J connectivity index is 2.90. The van der Waals surface area contributed by atoms with E-state index in [1.165, 1.54) is 0 Å². The number of hydrogen-bond acceptors (Lipinski definition) is 7. The number of amides is 1. The number of rotatable bonds is 4. The molecule has 0 saturated carbocycles. The number of halogens is 3. The Bertz CT molecular complexity index is 431. The second-order valence-electron chi connectivity index (χ2n) is 3.84. The summed E-state index contributed by atoms with van der Waals surface area (Å²) < 4.78 is 52.9. The van der Waals surface area contributed by atoms with Crippen molar-refractivity contribution in [3.63, 3.8) is 0 Å². The quantitative estimate of drug-likeness (QED) is 0.616. The van der Waals surface area contributed by atoms with Crippen LogP contribution in [0.15, 0.2) is 0 Å². The van der Waals surface area contributed by atoms with Crippen LogP contribution >= 0.6 is 24.0 Å². The monoisotopic (exact) mass is 347 g/mol. The van der Waals surface area contributed by atoms with Crippen LogP contribution < -0.4 is 5.32 Å². The average molecular weight is 347 g/mol. The molecule has 6 nitrogen and oxygen atoms in total. The molecule has 0 aromatic rings. The minimum atomic E-state index is -4.82. The lowest BCUT2D eigenvalue weighted by Crippen LogP contribution is -2.54. The van der Waals surface area contributed by atoms with Gasteiger partial charge in [-0.1, -0.05) is 0 Å². The van der Waals surface area contributed by atoms with E-state index in [1.54, 1.807) is 12.2 Å². The molecule has 21 heavy (non-hydrogen) atoms. The summed E-state index contributed by atoms with van der Waals surface area (Å²) in [6.07, 6.45) is -7.85. The first kappa shape index (κ1) is 17.8. The number of thioether (sulfide) groups is 1. The number of carbonyl (C=O) groups is 2. The van der Waals surface area contributed by atoms with E-state index in [-0.39, 0.29) is 11.0 Å². The fraction of sp³-hybridized carbons (Fsp3) is 0.700. The summed E-state index contributed by atoms with van der Waals surface area (Å²) in [6, 6.07) is -2.40. The van der Waals surface area contributed by atoms with Gasteiger partial charge < -0.3 is 19.5 Å². The zero-order chi connectivity index (χ0) is 16.2. The lowest BCUT2D eigenvalue weighted by molar-refractivity contribution is -0.178. The molecule has 0 radical (unpaired) electrons. The second-order valence-corrected chi connectivity index (χ2v) is 5.54. The average Bonchev–Trinajstić information content (AvgIpc) is 2.65. The largest absolute Gasteiger partial charge is 0.510 e. The third kappa shape index (κ3) is 5.23. The van der Waals surface area contributed by atoms with E-state index in [4.69, 9.17) is 17.0 Å². The van der Waals surface area contributed by atoms with Crippen LogP contribution in [0, 0.1) is 0 Å². The van der Waals surface area contributed by atoms with Gasteiger partial charge in [-0.05, 0) is 30.9 Å². The van der Waals surface area contributed by atoms with Crippen LogP contribution in [-0.4, -0.2) is 46.8 Å². The van der Waals surface area contributed by atoms with Crippen LogP contribution in [0.3, 0.4) is 0 Å².